The van der Waals surface area contributed by atoms with Gasteiger partial charge in [-0.05, 0) is 66.6 Å². The van der Waals surface area contributed by atoms with E-state index in [1.54, 1.807) is 38.1 Å². The Morgan fingerprint density at radius 2 is 1.76 bits per heavy atom. The summed E-state index contributed by atoms with van der Waals surface area (Å²) in [5.74, 6) is -2.28. The number of nitrogens with zero attached hydrogens (tertiary/aromatic N) is 3. The number of carbonyl (C=O) groups is 4. The Labute approximate surface area is 303 Å². The number of methoxy groups -OCH3 is 1. The molecule has 0 radical (unpaired) electrons. The largest absolute Gasteiger partial charge is 0.495 e. The third-order valence-corrected chi connectivity index (χ3v) is 9.20. The Hall–Kier alpha value is -4.58. The van der Waals surface area contributed by atoms with E-state index in [4.69, 9.17) is 36.1 Å². The lowest BCUT2D eigenvalue weighted by Gasteiger charge is -2.29. The average molecular weight is 724 g/mol. The number of esters is 2. The Balaban J connectivity index is 1.59. The molecule has 0 spiro atoms. The maximum absolute atomic E-state index is 13.7. The number of epoxide rings is 1. The molecule has 0 bridgehead atoms. The molecular formula is C37H46ClN5O8. The van der Waals surface area contributed by atoms with Crippen molar-refractivity contribution in [2.45, 2.75) is 90.9 Å². The van der Waals surface area contributed by atoms with Crippen LogP contribution in [0.4, 0.5) is 0 Å². The summed E-state index contributed by atoms with van der Waals surface area (Å²) >= 11 is 6.33. The van der Waals surface area contributed by atoms with E-state index >= 15 is 0 Å². The highest BCUT2D eigenvalue weighted by molar-refractivity contribution is 6.32. The first kappa shape index (κ1) is 39.2. The fourth-order valence-electron chi connectivity index (χ4n) is 5.75. The molecule has 13 nitrogen and oxygen atoms in total. The lowest BCUT2D eigenvalue weighted by molar-refractivity contribution is -0.179. The van der Waals surface area contributed by atoms with Crippen molar-refractivity contribution in [1.29, 1.82) is 0 Å². The van der Waals surface area contributed by atoms with Crippen molar-refractivity contribution < 1.29 is 38.1 Å². The highest BCUT2D eigenvalue weighted by Gasteiger charge is 2.48. The van der Waals surface area contributed by atoms with Gasteiger partial charge in [0, 0.05) is 30.2 Å². The van der Waals surface area contributed by atoms with Gasteiger partial charge < -0.3 is 29.6 Å². The van der Waals surface area contributed by atoms with Crippen molar-refractivity contribution in [3.05, 3.63) is 86.8 Å². The van der Waals surface area contributed by atoms with E-state index in [0.29, 0.717) is 16.3 Å². The quantitative estimate of drug-likeness (QED) is 0.0994. The van der Waals surface area contributed by atoms with E-state index in [0.717, 1.165) is 11.1 Å². The second-order valence-electron chi connectivity index (χ2n) is 14.0. The van der Waals surface area contributed by atoms with Gasteiger partial charge in [0.15, 0.2) is 6.10 Å². The van der Waals surface area contributed by atoms with Crippen LogP contribution in [0.25, 0.3) is 10.4 Å². The summed E-state index contributed by atoms with van der Waals surface area (Å²) < 4.78 is 23.1. The Morgan fingerprint density at radius 1 is 1.06 bits per heavy atom. The summed E-state index contributed by atoms with van der Waals surface area (Å²) in [6.07, 6.45) is 0.905. The van der Waals surface area contributed by atoms with Crippen LogP contribution in [0.3, 0.4) is 0 Å². The summed E-state index contributed by atoms with van der Waals surface area (Å²) in [5, 5.41) is 9.47. The fraction of sp³-hybridized carbons (Fsp3) is 0.514. The number of rotatable bonds is 10. The molecule has 2 amide bonds. The van der Waals surface area contributed by atoms with Gasteiger partial charge in [-0.2, -0.15) is 0 Å². The molecule has 274 valence electrons. The normalized spacial score (nSPS) is 25.4. The van der Waals surface area contributed by atoms with Crippen LogP contribution in [0, 0.1) is 17.3 Å². The van der Waals surface area contributed by atoms with Crippen LogP contribution in [0.2, 0.25) is 5.02 Å². The summed E-state index contributed by atoms with van der Waals surface area (Å²) in [7, 11) is 1.50. The standard InChI is InChI=1S/C37H46ClN5O8/c1-21(2)16-30-35(46)49-28(22(3)32-33(51-32)25-13-10-23(11-14-25)19-41-43-39)8-7-9-31(44)42-27(18-24-12-15-29(48-6)26(38)17-24)34(45)40-20-37(4,5)36(47)50-30/h7,9-15,17,21-22,27-28,30,32-33H,8,16,18-20H2,1-6H3,(H,40,45)(H,42,44)/b9-7+/t22-,27+,28-,30-,32+,33+/m0/s1. The fourth-order valence-corrected chi connectivity index (χ4v) is 6.03. The van der Waals surface area contributed by atoms with Gasteiger partial charge in [0.05, 0.1) is 30.2 Å². The van der Waals surface area contributed by atoms with E-state index in [1.807, 2.05) is 45.0 Å². The molecule has 0 aliphatic carbocycles. The second-order valence-corrected chi connectivity index (χ2v) is 14.4. The van der Waals surface area contributed by atoms with Crippen molar-refractivity contribution >= 4 is 35.4 Å². The minimum absolute atomic E-state index is 0.00610. The zero-order valence-corrected chi connectivity index (χ0v) is 30.5. The smallest absolute Gasteiger partial charge is 0.347 e. The maximum Gasteiger partial charge on any atom is 0.347 e. The predicted octanol–water partition coefficient (Wildman–Crippen LogP) is 5.93. The van der Waals surface area contributed by atoms with Crippen LogP contribution in [0.5, 0.6) is 5.75 Å². The van der Waals surface area contributed by atoms with E-state index in [2.05, 4.69) is 20.7 Å². The van der Waals surface area contributed by atoms with Crippen LogP contribution >= 0.6 is 11.6 Å². The van der Waals surface area contributed by atoms with Gasteiger partial charge in [-0.25, -0.2) is 4.79 Å². The molecule has 0 unspecified atom stereocenters. The second kappa shape index (κ2) is 17.6. The zero-order chi connectivity index (χ0) is 37.3. The average Bonchev–Trinajstić information content (AvgIpc) is 3.89. The number of hydrogen-bond acceptors (Lipinski definition) is 9. The van der Waals surface area contributed by atoms with Crippen LogP contribution in [-0.2, 0) is 46.4 Å². The van der Waals surface area contributed by atoms with E-state index in [9.17, 15) is 19.2 Å². The number of nitrogens with one attached hydrogen (secondary N) is 2. The predicted molar refractivity (Wildman–Crippen MR) is 189 cm³/mol. The lowest BCUT2D eigenvalue weighted by Crippen LogP contribution is -2.51. The molecule has 2 aliphatic heterocycles. The SMILES string of the molecule is COc1ccc(C[C@H]2NC(=O)/C=C/C[C@@H]([C@H](C)[C@H]3O[C@@H]3c3ccc(CN=[N+]=[N-])cc3)OC(=O)[C@H](CC(C)C)OC(=O)C(C)(C)CNC2=O)cc1Cl. The van der Waals surface area contributed by atoms with E-state index < -0.39 is 47.4 Å². The highest BCUT2D eigenvalue weighted by Crippen LogP contribution is 2.45. The summed E-state index contributed by atoms with van der Waals surface area (Å²) in [4.78, 5) is 56.6. The number of benzene rings is 2. The summed E-state index contributed by atoms with van der Waals surface area (Å²) in [6.45, 7) is 9.04. The number of carbonyl (C=O) groups excluding carboxylic acids is 4. The number of cyclic esters (lactones) is 2. The number of azide groups is 1. The maximum atomic E-state index is 13.7. The molecule has 2 aromatic rings. The van der Waals surface area contributed by atoms with Gasteiger partial charge >= 0.3 is 11.9 Å². The van der Waals surface area contributed by atoms with Gasteiger partial charge in [0.25, 0.3) is 0 Å². The Kier molecular flexibility index (Phi) is 13.5. The molecule has 51 heavy (non-hydrogen) atoms. The first-order chi connectivity index (χ1) is 24.2. The molecule has 2 aromatic carbocycles. The van der Waals surface area contributed by atoms with Gasteiger partial charge in [0.1, 0.15) is 24.0 Å². The minimum Gasteiger partial charge on any atom is -0.495 e. The number of amides is 2. The Morgan fingerprint density at radius 3 is 2.41 bits per heavy atom. The van der Waals surface area contributed by atoms with Crippen LogP contribution < -0.4 is 15.4 Å². The van der Waals surface area contributed by atoms with Crippen LogP contribution in [0.15, 0.2) is 59.7 Å². The molecule has 14 heteroatoms. The van der Waals surface area contributed by atoms with Gasteiger partial charge in [-0.1, -0.05) is 73.9 Å². The molecule has 1 fully saturated rings. The zero-order valence-electron chi connectivity index (χ0n) is 29.8. The lowest BCUT2D eigenvalue weighted by atomic mass is 9.92. The summed E-state index contributed by atoms with van der Waals surface area (Å²) in [6, 6.07) is 11.6. The summed E-state index contributed by atoms with van der Waals surface area (Å²) in [5.41, 5.74) is 9.84. The highest BCUT2D eigenvalue weighted by atomic mass is 35.5. The van der Waals surface area contributed by atoms with Crippen LogP contribution in [-0.4, -0.2) is 61.8 Å². The van der Waals surface area contributed by atoms with Gasteiger partial charge in [0.2, 0.25) is 11.8 Å². The van der Waals surface area contributed by atoms with E-state index in [-0.39, 0.29) is 56.4 Å². The van der Waals surface area contributed by atoms with Crippen molar-refractivity contribution in [3.63, 3.8) is 0 Å². The van der Waals surface area contributed by atoms with E-state index in [1.165, 1.54) is 13.2 Å². The molecule has 2 aliphatic rings. The van der Waals surface area contributed by atoms with Crippen molar-refractivity contribution in [2.75, 3.05) is 13.7 Å². The van der Waals surface area contributed by atoms with Crippen molar-refractivity contribution in [1.82, 2.24) is 10.6 Å². The Bertz CT molecular complexity index is 1660. The van der Waals surface area contributed by atoms with Gasteiger partial charge in [-0.3, -0.25) is 14.4 Å². The minimum atomic E-state index is -1.22. The number of hydrogen-bond donors (Lipinski definition) is 2. The molecule has 1 saturated heterocycles. The number of ether oxygens (including phenoxy) is 4. The molecule has 2 heterocycles. The molecule has 4 rings (SSSR count). The third-order valence-electron chi connectivity index (χ3n) is 8.90. The van der Waals surface area contributed by atoms with Crippen LogP contribution in [0.1, 0.15) is 70.3 Å². The third kappa shape index (κ3) is 11.0. The topological polar surface area (TPSA) is 181 Å². The van der Waals surface area contributed by atoms with Crippen molar-refractivity contribution in [2.24, 2.45) is 22.4 Å². The molecule has 2 N–H and O–H groups in total. The monoisotopic (exact) mass is 723 g/mol. The molecule has 0 saturated carbocycles. The first-order valence-corrected chi connectivity index (χ1v) is 17.3. The molecule has 6 atom stereocenters. The molecule has 0 aromatic heterocycles. The van der Waals surface area contributed by atoms with Gasteiger partial charge in [-0.15, -0.1) is 0 Å². The molecular weight excluding hydrogens is 678 g/mol. The first-order valence-electron chi connectivity index (χ1n) is 17.0. The van der Waals surface area contributed by atoms with Crippen molar-refractivity contribution in [3.8, 4) is 5.75 Å². The number of halogens is 1.